The number of methoxy groups -OCH3 is 6. The van der Waals surface area contributed by atoms with Crippen LogP contribution in [0, 0.1) is 6.92 Å². The molecule has 88 heavy (non-hydrogen) atoms. The third kappa shape index (κ3) is 1050. The van der Waals surface area contributed by atoms with Crippen LogP contribution in [-0.2, 0) is 173 Å². The van der Waals surface area contributed by atoms with Gasteiger partial charge in [-0.3, -0.25) is 15.4 Å². The van der Waals surface area contributed by atoms with E-state index in [9.17, 15) is 0 Å². The maximum atomic E-state index is 7.94. The Kier molecular flexibility index (Phi) is 2260. The summed E-state index contributed by atoms with van der Waals surface area (Å²) in [5, 5.41) is 50.8. The van der Waals surface area contributed by atoms with E-state index in [1.165, 1.54) is 28.4 Å². The average Bonchev–Trinajstić information content (AvgIpc) is 3.24. The predicted octanol–water partition coefficient (Wildman–Crippen LogP) is 20.1. The minimum atomic E-state index is 0. The maximum Gasteiger partial charge on any atom is 0.0822 e. The van der Waals surface area contributed by atoms with Crippen LogP contribution in [0.2, 0.25) is 0 Å². The maximum absolute atomic E-state index is 7.94. The number of ether oxygens (including phenoxy) is 6. The van der Waals surface area contributed by atoms with E-state index in [1.54, 1.807) is 42.7 Å². The van der Waals surface area contributed by atoms with Crippen LogP contribution in [0.15, 0.2) is 13.2 Å². The Hall–Kier alpha value is 2.34. The molecule has 0 bridgehead atoms. The van der Waals surface area contributed by atoms with Crippen molar-refractivity contribution < 1.29 is 209 Å². The molecule has 0 saturated carbocycles. The standard InChI is InChI=1S/C5H12O2.3C4H10O2.4C3H8O2.C3H7O2.C2H4.CH4O.27CH4.H2O2.5W/c1-3-4-5-7-6-2;1-5-3-4-6-2;2*1-3-4-6-5-2;4*1-5-3-2-4;1-3-5-4-2;2*1-2;;;;;;;;;;;;;;;;;;;;;;;;;;;;1-2;;;;;/h3-5H2,1-2H3;3*3-4H2,1-2H3;4*4H,2-3H2,1H3;1,3H2,2H3;1-2H2;2H,1H3;27*1H4;1-2H;;;;;/q;;;;;;;;-1;;;;;;;;;;;;;;;;;;;;;;;;;;;;;;;;;;;. The third-order valence-electron chi connectivity index (χ3n) is 3.38. The van der Waals surface area contributed by atoms with Gasteiger partial charge < -0.3 is 60.9 Å². The number of hydrogen-bond acceptors (Lipinski definition) is 21. The van der Waals surface area contributed by atoms with Crippen molar-refractivity contribution in [2.24, 2.45) is 0 Å². The largest absolute Gasteiger partial charge is 0.400 e. The zero-order valence-corrected chi connectivity index (χ0v) is 54.4. The molecule has 0 unspecified atom stereocenters. The molecular weight excluding hydrogens is 2000 g/mol. The van der Waals surface area contributed by atoms with E-state index in [0.717, 1.165) is 32.8 Å². The molecule has 0 saturated heterocycles. The van der Waals surface area contributed by atoms with Gasteiger partial charge in [0.25, 0.3) is 0 Å². The van der Waals surface area contributed by atoms with Gasteiger partial charge in [-0.1, -0.05) is 228 Å². The molecule has 0 aromatic rings. The Morgan fingerprint density at radius 1 is 0.261 bits per heavy atom. The number of hydrogen-bond donors (Lipinski definition) is 7. The SMILES string of the molecule is C.C.C.C.C.C.C.C.C.C.C.C.C.C.C.C.C.C.C.C.C.C.C.C.C.C.C.C=C.CCCCOOC.CCCOOC.CCCOOC.CO.COCCO.COCCO.COCCO.COCCO.COCCOC.OO.[CH2-]COOC.[W].[W].[W].[W].[W]. The Morgan fingerprint density at radius 3 is 0.466 bits per heavy atom. The predicted molar refractivity (Wildman–Crippen MR) is 399 cm³/mol. The molecule has 0 rings (SSSR count). The molecule has 0 atom stereocenters. The molecule has 0 aromatic heterocycles. The molecule has 0 aliphatic heterocycles. The first-order valence-electron chi connectivity index (χ1n) is 17.2. The van der Waals surface area contributed by atoms with E-state index in [4.69, 9.17) is 36.0 Å². The van der Waals surface area contributed by atoms with Crippen molar-refractivity contribution >= 4 is 0 Å². The molecule has 0 fully saturated rings. The molecule has 0 amide bonds. The van der Waals surface area contributed by atoms with Crippen molar-refractivity contribution in [1.82, 2.24) is 0 Å². The Balaban J connectivity index is -0.00000000558. The van der Waals surface area contributed by atoms with Gasteiger partial charge in [-0.2, -0.15) is 0 Å². The fourth-order valence-electron chi connectivity index (χ4n) is 1.24. The number of unbranched alkanes of at least 4 members (excludes halogenated alkanes) is 1. The van der Waals surface area contributed by atoms with Crippen molar-refractivity contribution in [2.45, 2.75) is 247 Å². The van der Waals surface area contributed by atoms with Crippen molar-refractivity contribution in [3.63, 3.8) is 0 Å². The second kappa shape index (κ2) is 591. The first-order valence-corrected chi connectivity index (χ1v) is 17.2. The molecule has 0 spiro atoms. The van der Waals surface area contributed by atoms with Gasteiger partial charge in [0.1, 0.15) is 0 Å². The van der Waals surface area contributed by atoms with E-state index in [0.29, 0.717) is 66.1 Å². The molecule has 26 heteroatoms. The summed E-state index contributed by atoms with van der Waals surface area (Å²) in [7, 11) is 16.5. The van der Waals surface area contributed by atoms with E-state index in [1.807, 2.05) is 13.8 Å². The van der Waals surface area contributed by atoms with Gasteiger partial charge in [0, 0.05) is 155 Å². The molecule has 0 heterocycles. The van der Waals surface area contributed by atoms with E-state index in [-0.39, 0.29) is 332 Å². The summed E-state index contributed by atoms with van der Waals surface area (Å²) >= 11 is 0. The van der Waals surface area contributed by atoms with Crippen molar-refractivity contribution in [3.8, 4) is 0 Å². The number of rotatable bonds is 23. The molecule has 21 nitrogen and oxygen atoms in total. The minimum absolute atomic E-state index is 0. The van der Waals surface area contributed by atoms with Gasteiger partial charge in [0.15, 0.2) is 0 Å². The third-order valence-corrected chi connectivity index (χ3v) is 3.38. The van der Waals surface area contributed by atoms with Crippen LogP contribution in [0.25, 0.3) is 0 Å². The first kappa shape index (κ1) is 336. The average molecular weight is 2200 g/mol. The van der Waals surface area contributed by atoms with Crippen LogP contribution in [0.4, 0.5) is 0 Å². The van der Waals surface area contributed by atoms with Crippen molar-refractivity contribution in [2.75, 3.05) is 171 Å². The van der Waals surface area contributed by atoms with Gasteiger partial charge in [0.2, 0.25) is 0 Å². The monoisotopic (exact) mass is 2200 g/mol. The van der Waals surface area contributed by atoms with Crippen LogP contribution in [-0.4, -0.2) is 207 Å². The molecule has 0 aliphatic carbocycles. The summed E-state index contributed by atoms with van der Waals surface area (Å²) in [6.45, 7) is 21.6. The molecule has 0 aromatic carbocycles. The molecule has 0 radical (unpaired) electrons. The van der Waals surface area contributed by atoms with Crippen LogP contribution < -0.4 is 0 Å². The van der Waals surface area contributed by atoms with Gasteiger partial charge in [-0.15, -0.1) is 13.2 Å². The zero-order valence-electron chi connectivity index (χ0n) is 39.7. The topological polar surface area (TPSA) is 271 Å². The molecule has 0 aliphatic rings. The van der Waals surface area contributed by atoms with Crippen molar-refractivity contribution in [3.05, 3.63) is 20.1 Å². The smallest absolute Gasteiger partial charge is 0.0822 e. The summed E-state index contributed by atoms with van der Waals surface area (Å²) in [6, 6.07) is 0. The fourth-order valence-corrected chi connectivity index (χ4v) is 1.24. The number of aliphatic hydroxyl groups is 5. The van der Waals surface area contributed by atoms with Crippen LogP contribution in [0.3, 0.4) is 0 Å². The Bertz CT molecular complexity index is 349. The Morgan fingerprint density at radius 2 is 0.409 bits per heavy atom. The van der Waals surface area contributed by atoms with E-state index >= 15 is 0 Å². The fraction of sp³-hybridized carbons (Fsp3) is 0.952. The second-order valence-corrected chi connectivity index (χ2v) is 7.66. The summed E-state index contributed by atoms with van der Waals surface area (Å²) in [5.74, 6) is 0. The van der Waals surface area contributed by atoms with Gasteiger partial charge >= 0.3 is 0 Å². The molecule has 604 valence electrons. The quantitative estimate of drug-likeness (QED) is 0.0165. The normalized spacial score (nSPS) is 5.16. The van der Waals surface area contributed by atoms with Crippen LogP contribution >= 0.6 is 0 Å². The summed E-state index contributed by atoms with van der Waals surface area (Å²) in [4.78, 5) is 34.8. The first-order chi connectivity index (χ1) is 27.2. The van der Waals surface area contributed by atoms with Crippen LogP contribution in [0.1, 0.15) is 247 Å². The summed E-state index contributed by atoms with van der Waals surface area (Å²) in [6.07, 6.45) is 4.25. The van der Waals surface area contributed by atoms with Gasteiger partial charge in [-0.05, 0) is 25.9 Å². The van der Waals surface area contributed by atoms with E-state index < -0.39 is 0 Å². The molecular formula is C62H199O21W5-. The number of aliphatic hydroxyl groups excluding tert-OH is 5. The van der Waals surface area contributed by atoms with Gasteiger partial charge in [0.05, 0.1) is 114 Å². The zero-order chi connectivity index (χ0) is 46.6. The van der Waals surface area contributed by atoms with Crippen molar-refractivity contribution in [1.29, 1.82) is 0 Å². The summed E-state index contributed by atoms with van der Waals surface area (Å²) in [5.41, 5.74) is 0. The van der Waals surface area contributed by atoms with Gasteiger partial charge in [-0.25, -0.2) is 34.2 Å². The summed E-state index contributed by atoms with van der Waals surface area (Å²) < 4.78 is 27.1. The molecule has 7 N–H and O–H groups in total. The van der Waals surface area contributed by atoms with E-state index in [2.05, 4.69) is 94.5 Å². The second-order valence-electron chi connectivity index (χ2n) is 7.66. The minimum Gasteiger partial charge on any atom is -0.400 e. The van der Waals surface area contributed by atoms with Crippen LogP contribution in [0.5, 0.6) is 0 Å². The Labute approximate surface area is 641 Å².